The van der Waals surface area contributed by atoms with E-state index in [4.69, 9.17) is 21.5 Å². The Morgan fingerprint density at radius 1 is 1.37 bits per heavy atom. The lowest BCUT2D eigenvalue weighted by atomic mass is 10.0. The zero-order chi connectivity index (χ0) is 20.0. The number of halogens is 4. The number of aliphatic carboxylic acids is 1. The molecule has 0 spiro atoms. The first kappa shape index (κ1) is 20.8. The highest BCUT2D eigenvalue weighted by Crippen LogP contribution is 2.25. The number of anilines is 1. The van der Waals surface area contributed by atoms with E-state index in [-0.39, 0.29) is 11.9 Å². The van der Waals surface area contributed by atoms with Gasteiger partial charge in [0.05, 0.1) is 5.52 Å². The van der Waals surface area contributed by atoms with E-state index in [9.17, 15) is 18.0 Å². The van der Waals surface area contributed by atoms with Gasteiger partial charge in [-0.05, 0) is 37.1 Å². The number of nitrogens with one attached hydrogen (secondary N) is 2. The fraction of sp³-hybridized carbons (Fsp3) is 0.353. The van der Waals surface area contributed by atoms with Gasteiger partial charge in [-0.3, -0.25) is 9.78 Å². The van der Waals surface area contributed by atoms with Crippen molar-refractivity contribution in [2.75, 3.05) is 11.9 Å². The van der Waals surface area contributed by atoms with E-state index >= 15 is 0 Å². The van der Waals surface area contributed by atoms with E-state index in [2.05, 4.69) is 15.6 Å². The van der Waals surface area contributed by atoms with Crippen molar-refractivity contribution in [3.63, 3.8) is 0 Å². The van der Waals surface area contributed by atoms with Crippen molar-refractivity contribution in [1.29, 1.82) is 0 Å². The lowest BCUT2D eigenvalue weighted by molar-refractivity contribution is -0.192. The molecular weight excluding hydrogens is 387 g/mol. The average molecular weight is 404 g/mol. The van der Waals surface area contributed by atoms with Crippen LogP contribution < -0.4 is 10.6 Å². The molecule has 3 rings (SSSR count). The van der Waals surface area contributed by atoms with Crippen LogP contribution in [0.4, 0.5) is 18.9 Å². The van der Waals surface area contributed by atoms with Crippen LogP contribution in [0.2, 0.25) is 5.02 Å². The number of alkyl halides is 3. The molecule has 1 aliphatic rings. The van der Waals surface area contributed by atoms with Gasteiger partial charge >= 0.3 is 12.1 Å². The first-order valence-corrected chi connectivity index (χ1v) is 8.42. The zero-order valence-electron chi connectivity index (χ0n) is 14.0. The molecule has 0 aliphatic carbocycles. The molecule has 27 heavy (non-hydrogen) atoms. The third-order valence-corrected chi connectivity index (χ3v) is 4.04. The van der Waals surface area contributed by atoms with Crippen LogP contribution in [-0.2, 0) is 9.59 Å². The maximum atomic E-state index is 11.4. The Hall–Kier alpha value is -2.55. The highest BCUT2D eigenvalue weighted by atomic mass is 35.5. The predicted molar refractivity (Wildman–Crippen MR) is 94.7 cm³/mol. The van der Waals surface area contributed by atoms with Crippen LogP contribution in [0.15, 0.2) is 30.5 Å². The van der Waals surface area contributed by atoms with Gasteiger partial charge < -0.3 is 15.7 Å². The molecule has 1 aromatic carbocycles. The molecule has 0 bridgehead atoms. The third-order valence-electron chi connectivity index (χ3n) is 3.81. The first-order valence-electron chi connectivity index (χ1n) is 8.04. The van der Waals surface area contributed by atoms with Gasteiger partial charge in [-0.15, -0.1) is 0 Å². The molecule has 10 heteroatoms. The quantitative estimate of drug-likeness (QED) is 0.728. The molecule has 1 aliphatic heterocycles. The number of hydrogen-bond acceptors (Lipinski definition) is 4. The van der Waals surface area contributed by atoms with Crippen LogP contribution >= 0.6 is 11.6 Å². The Morgan fingerprint density at radius 3 is 2.70 bits per heavy atom. The molecule has 146 valence electrons. The van der Waals surface area contributed by atoms with Crippen molar-refractivity contribution in [3.05, 3.63) is 35.5 Å². The van der Waals surface area contributed by atoms with Crippen LogP contribution in [0.5, 0.6) is 0 Å². The molecule has 1 aromatic heterocycles. The summed E-state index contributed by atoms with van der Waals surface area (Å²) in [4.78, 5) is 24.6. The van der Waals surface area contributed by atoms with Crippen molar-refractivity contribution < 1.29 is 27.9 Å². The van der Waals surface area contributed by atoms with Gasteiger partial charge in [0.2, 0.25) is 5.91 Å². The molecule has 0 unspecified atom stereocenters. The third kappa shape index (κ3) is 6.28. The van der Waals surface area contributed by atoms with Crippen molar-refractivity contribution in [2.45, 2.75) is 31.5 Å². The van der Waals surface area contributed by atoms with Gasteiger partial charge in [-0.1, -0.05) is 11.6 Å². The summed E-state index contributed by atoms with van der Waals surface area (Å²) in [6, 6.07) is 7.78. The predicted octanol–water partition coefficient (Wildman–Crippen LogP) is 3.60. The minimum Gasteiger partial charge on any atom is -0.475 e. The molecule has 2 aromatic rings. The topological polar surface area (TPSA) is 91.3 Å². The normalized spacial score (nSPS) is 16.9. The number of benzene rings is 1. The Labute approximate surface area is 157 Å². The highest BCUT2D eigenvalue weighted by Gasteiger charge is 2.38. The van der Waals surface area contributed by atoms with Gasteiger partial charge in [0.25, 0.3) is 0 Å². The summed E-state index contributed by atoms with van der Waals surface area (Å²) in [6.45, 7) is 0.720. The van der Waals surface area contributed by atoms with E-state index in [0.29, 0.717) is 11.4 Å². The molecule has 0 radical (unpaired) electrons. The molecule has 6 nitrogen and oxygen atoms in total. The summed E-state index contributed by atoms with van der Waals surface area (Å²) < 4.78 is 31.7. The minimum absolute atomic E-state index is 0.144. The summed E-state index contributed by atoms with van der Waals surface area (Å²) >= 11 is 6.05. The zero-order valence-corrected chi connectivity index (χ0v) is 14.8. The van der Waals surface area contributed by atoms with Crippen LogP contribution in [0, 0.1) is 0 Å². The van der Waals surface area contributed by atoms with Gasteiger partial charge in [0.15, 0.2) is 0 Å². The number of carboxylic acid groups (broad SMARTS) is 1. The summed E-state index contributed by atoms with van der Waals surface area (Å²) in [5.41, 5.74) is 1.91. The summed E-state index contributed by atoms with van der Waals surface area (Å²) in [6.07, 6.45) is -0.689. The van der Waals surface area contributed by atoms with Crippen molar-refractivity contribution >= 4 is 40.1 Å². The van der Waals surface area contributed by atoms with E-state index in [1.165, 1.54) is 0 Å². The molecule has 1 fully saturated rings. The lowest BCUT2D eigenvalue weighted by Gasteiger charge is -2.24. The van der Waals surface area contributed by atoms with E-state index in [1.807, 2.05) is 24.3 Å². The molecule has 0 saturated carbocycles. The SMILES string of the molecule is O=C(O)C(F)(F)F.O=C1CCC[C@H](CNc2ccnc3ccc(Cl)cc23)N1. The van der Waals surface area contributed by atoms with Gasteiger partial charge in [0, 0.05) is 41.3 Å². The van der Waals surface area contributed by atoms with E-state index in [1.54, 1.807) is 6.20 Å². The summed E-state index contributed by atoms with van der Waals surface area (Å²) in [5, 5.41) is 15.2. The number of nitrogens with zero attached hydrogens (tertiary/aromatic N) is 1. The van der Waals surface area contributed by atoms with E-state index in [0.717, 1.165) is 36.0 Å². The van der Waals surface area contributed by atoms with Crippen LogP contribution in [0.1, 0.15) is 19.3 Å². The Kier molecular flexibility index (Phi) is 6.84. The molecule has 1 atom stereocenters. The summed E-state index contributed by atoms with van der Waals surface area (Å²) in [5.74, 6) is -2.61. The molecule has 1 saturated heterocycles. The maximum absolute atomic E-state index is 11.4. The molecular formula is C17H17ClF3N3O3. The van der Waals surface area contributed by atoms with Crippen LogP contribution in [-0.4, -0.2) is 40.7 Å². The number of pyridine rings is 1. The van der Waals surface area contributed by atoms with Crippen molar-refractivity contribution in [3.8, 4) is 0 Å². The molecule has 3 N–H and O–H groups in total. The molecule has 2 heterocycles. The summed E-state index contributed by atoms with van der Waals surface area (Å²) in [7, 11) is 0. The number of fused-ring (bicyclic) bond motifs is 1. The van der Waals surface area contributed by atoms with Gasteiger partial charge in [-0.2, -0.15) is 13.2 Å². The van der Waals surface area contributed by atoms with Crippen molar-refractivity contribution in [2.24, 2.45) is 0 Å². The number of amides is 1. The van der Waals surface area contributed by atoms with Crippen LogP contribution in [0.3, 0.4) is 0 Å². The fourth-order valence-corrected chi connectivity index (χ4v) is 2.71. The molecule has 1 amide bonds. The standard InChI is InChI=1S/C15H16ClN3O.C2HF3O2/c16-10-4-5-13-12(8-10)14(6-7-17-13)18-9-11-2-1-3-15(20)19-11;3-2(4,5)1(6)7/h4-8,11H,1-3,9H2,(H,17,18)(H,19,20);(H,6,7)/t11-;/m1./s1. The number of piperidine rings is 1. The Bertz CT molecular complexity index is 830. The van der Waals surface area contributed by atoms with Gasteiger partial charge in [-0.25, -0.2) is 4.79 Å². The lowest BCUT2D eigenvalue weighted by Crippen LogP contribution is -2.42. The second-order valence-corrected chi connectivity index (χ2v) is 6.30. The largest absolute Gasteiger partial charge is 0.490 e. The minimum atomic E-state index is -5.08. The number of carbonyl (C=O) groups excluding carboxylic acids is 1. The number of aromatic nitrogens is 1. The Morgan fingerprint density at radius 2 is 2.07 bits per heavy atom. The Balaban J connectivity index is 0.000000321. The van der Waals surface area contributed by atoms with E-state index < -0.39 is 12.1 Å². The first-order chi connectivity index (χ1) is 12.7. The van der Waals surface area contributed by atoms with Gasteiger partial charge in [0.1, 0.15) is 0 Å². The number of rotatable bonds is 3. The second kappa shape index (κ2) is 8.90. The number of hydrogen-bond donors (Lipinski definition) is 3. The maximum Gasteiger partial charge on any atom is 0.490 e. The monoisotopic (exact) mass is 403 g/mol. The smallest absolute Gasteiger partial charge is 0.475 e. The number of carbonyl (C=O) groups is 2. The second-order valence-electron chi connectivity index (χ2n) is 5.86. The number of carboxylic acids is 1. The van der Waals surface area contributed by atoms with Crippen LogP contribution in [0.25, 0.3) is 10.9 Å². The highest BCUT2D eigenvalue weighted by molar-refractivity contribution is 6.31. The van der Waals surface area contributed by atoms with Crippen molar-refractivity contribution in [1.82, 2.24) is 10.3 Å². The fourth-order valence-electron chi connectivity index (χ4n) is 2.54. The average Bonchev–Trinajstić information content (AvgIpc) is 2.59.